The van der Waals surface area contributed by atoms with E-state index in [1.54, 1.807) is 35.6 Å². The number of nitrogens with zero attached hydrogens (tertiary/aromatic N) is 2. The molecule has 9 heteroatoms. The lowest BCUT2D eigenvalue weighted by Crippen LogP contribution is -2.37. The molecular weight excluding hydrogens is 518 g/mol. The lowest BCUT2D eigenvalue weighted by Gasteiger charge is -2.16. The summed E-state index contributed by atoms with van der Waals surface area (Å²) in [6.45, 7) is 2.25. The molecule has 1 aliphatic rings. The molecular formula is C21H28FIN4O2S. The van der Waals surface area contributed by atoms with Gasteiger partial charge in [-0.15, -0.1) is 24.0 Å². The SMILES string of the molecule is CN=C(NCCc1ccccc1F)NCc1ccc(S(=O)(=O)N2CCCC2)cc1.I. The monoisotopic (exact) mass is 546 g/mol. The largest absolute Gasteiger partial charge is 0.356 e. The van der Waals surface area contributed by atoms with Crippen molar-refractivity contribution in [1.82, 2.24) is 14.9 Å². The zero-order chi connectivity index (χ0) is 20.7. The van der Waals surface area contributed by atoms with Crippen molar-refractivity contribution in [1.29, 1.82) is 0 Å². The normalized spacial score (nSPS) is 14.9. The van der Waals surface area contributed by atoms with Crippen LogP contribution < -0.4 is 10.6 Å². The van der Waals surface area contributed by atoms with Gasteiger partial charge in [0.25, 0.3) is 0 Å². The number of hydrogen-bond acceptors (Lipinski definition) is 3. The van der Waals surface area contributed by atoms with Crippen LogP contribution in [0.2, 0.25) is 0 Å². The second-order valence-electron chi connectivity index (χ2n) is 6.95. The topological polar surface area (TPSA) is 73.8 Å². The van der Waals surface area contributed by atoms with Crippen LogP contribution in [0.25, 0.3) is 0 Å². The van der Waals surface area contributed by atoms with Gasteiger partial charge in [0.1, 0.15) is 5.82 Å². The molecule has 2 N–H and O–H groups in total. The van der Waals surface area contributed by atoms with E-state index in [2.05, 4.69) is 15.6 Å². The Morgan fingerprint density at radius 1 is 1.07 bits per heavy atom. The van der Waals surface area contributed by atoms with E-state index < -0.39 is 10.0 Å². The fourth-order valence-corrected chi connectivity index (χ4v) is 4.80. The molecule has 0 unspecified atom stereocenters. The molecule has 1 saturated heterocycles. The average Bonchev–Trinajstić information content (AvgIpc) is 3.28. The standard InChI is InChI=1S/C21H27FN4O2S.HI/c1-23-21(24-13-12-18-6-2-3-7-20(18)22)25-16-17-8-10-19(11-9-17)29(27,28)26-14-4-5-15-26;/h2-3,6-11H,4-5,12-16H2,1H3,(H2,23,24,25);1H. The number of aliphatic imine (C=N–C) groups is 1. The van der Waals surface area contributed by atoms with E-state index in [0.29, 0.717) is 49.0 Å². The Balaban J connectivity index is 0.00000320. The first-order valence-electron chi connectivity index (χ1n) is 9.78. The van der Waals surface area contributed by atoms with E-state index in [1.165, 1.54) is 6.07 Å². The highest BCUT2D eigenvalue weighted by molar-refractivity contribution is 14.0. The van der Waals surface area contributed by atoms with Crippen LogP contribution in [0.15, 0.2) is 58.4 Å². The van der Waals surface area contributed by atoms with Crippen LogP contribution in [-0.2, 0) is 23.0 Å². The number of rotatable bonds is 7. The Morgan fingerprint density at radius 3 is 2.37 bits per heavy atom. The van der Waals surface area contributed by atoms with E-state index >= 15 is 0 Å². The summed E-state index contributed by atoms with van der Waals surface area (Å²) in [4.78, 5) is 4.49. The van der Waals surface area contributed by atoms with Crippen molar-refractivity contribution in [2.75, 3.05) is 26.7 Å². The van der Waals surface area contributed by atoms with Gasteiger partial charge in [0, 0.05) is 33.2 Å². The lowest BCUT2D eigenvalue weighted by atomic mass is 10.1. The number of guanidine groups is 1. The summed E-state index contributed by atoms with van der Waals surface area (Å²) in [6.07, 6.45) is 2.39. The average molecular weight is 546 g/mol. The molecule has 1 fully saturated rings. The van der Waals surface area contributed by atoms with Crippen molar-refractivity contribution in [3.8, 4) is 0 Å². The molecule has 30 heavy (non-hydrogen) atoms. The van der Waals surface area contributed by atoms with Crippen molar-refractivity contribution < 1.29 is 12.8 Å². The van der Waals surface area contributed by atoms with Gasteiger partial charge in [-0.1, -0.05) is 30.3 Å². The second kappa shape index (κ2) is 11.6. The Morgan fingerprint density at radius 2 is 1.73 bits per heavy atom. The third-order valence-corrected chi connectivity index (χ3v) is 6.87. The van der Waals surface area contributed by atoms with Crippen LogP contribution in [-0.4, -0.2) is 45.4 Å². The van der Waals surface area contributed by atoms with Gasteiger partial charge in [-0.2, -0.15) is 4.31 Å². The molecule has 0 saturated carbocycles. The summed E-state index contributed by atoms with van der Waals surface area (Å²) in [5.41, 5.74) is 1.60. The number of benzene rings is 2. The van der Waals surface area contributed by atoms with Gasteiger partial charge >= 0.3 is 0 Å². The Bertz CT molecular complexity index is 946. The predicted octanol–water partition coefficient (Wildman–Crippen LogP) is 3.14. The molecule has 2 aromatic carbocycles. The highest BCUT2D eigenvalue weighted by Gasteiger charge is 2.26. The molecule has 0 radical (unpaired) electrons. The molecule has 164 valence electrons. The highest BCUT2D eigenvalue weighted by Crippen LogP contribution is 2.21. The number of halogens is 2. The van der Waals surface area contributed by atoms with Crippen LogP contribution in [0.4, 0.5) is 4.39 Å². The summed E-state index contributed by atoms with van der Waals surface area (Å²) < 4.78 is 40.3. The minimum absolute atomic E-state index is 0. The summed E-state index contributed by atoms with van der Waals surface area (Å²) in [7, 11) is -1.72. The van der Waals surface area contributed by atoms with E-state index in [4.69, 9.17) is 0 Å². The van der Waals surface area contributed by atoms with Crippen molar-refractivity contribution >= 4 is 40.0 Å². The van der Waals surface area contributed by atoms with Crippen molar-refractivity contribution in [3.63, 3.8) is 0 Å². The molecule has 2 aromatic rings. The molecule has 1 aliphatic heterocycles. The summed E-state index contributed by atoms with van der Waals surface area (Å²) in [6, 6.07) is 13.6. The Kier molecular flexibility index (Phi) is 9.50. The molecule has 0 atom stereocenters. The predicted molar refractivity (Wildman–Crippen MR) is 128 cm³/mol. The summed E-state index contributed by atoms with van der Waals surface area (Å²) >= 11 is 0. The first kappa shape index (κ1) is 24.5. The van der Waals surface area contributed by atoms with E-state index in [0.717, 1.165) is 18.4 Å². The van der Waals surface area contributed by atoms with E-state index in [-0.39, 0.29) is 29.8 Å². The molecule has 6 nitrogen and oxygen atoms in total. The number of hydrogen-bond donors (Lipinski definition) is 2. The van der Waals surface area contributed by atoms with Gasteiger partial charge in [-0.25, -0.2) is 12.8 Å². The zero-order valence-electron chi connectivity index (χ0n) is 17.0. The Labute approximate surface area is 195 Å². The maximum absolute atomic E-state index is 13.7. The second-order valence-corrected chi connectivity index (χ2v) is 8.89. The smallest absolute Gasteiger partial charge is 0.243 e. The summed E-state index contributed by atoms with van der Waals surface area (Å²) in [5, 5.41) is 6.34. The van der Waals surface area contributed by atoms with Crippen molar-refractivity contribution in [3.05, 3.63) is 65.5 Å². The molecule has 0 aromatic heterocycles. The highest BCUT2D eigenvalue weighted by atomic mass is 127. The number of nitrogens with one attached hydrogen (secondary N) is 2. The molecule has 0 bridgehead atoms. The third-order valence-electron chi connectivity index (χ3n) is 4.95. The van der Waals surface area contributed by atoms with Crippen LogP contribution in [0, 0.1) is 5.82 Å². The first-order valence-corrected chi connectivity index (χ1v) is 11.2. The van der Waals surface area contributed by atoms with Crippen LogP contribution >= 0.6 is 24.0 Å². The minimum atomic E-state index is -3.39. The van der Waals surface area contributed by atoms with Gasteiger partial charge in [-0.3, -0.25) is 4.99 Å². The third kappa shape index (κ3) is 6.39. The van der Waals surface area contributed by atoms with Crippen LogP contribution in [0.3, 0.4) is 0 Å². The quantitative estimate of drug-likeness (QED) is 0.318. The maximum Gasteiger partial charge on any atom is 0.243 e. The molecule has 3 rings (SSSR count). The van der Waals surface area contributed by atoms with Gasteiger partial charge < -0.3 is 10.6 Å². The lowest BCUT2D eigenvalue weighted by molar-refractivity contribution is 0.477. The molecule has 0 amide bonds. The van der Waals surface area contributed by atoms with E-state index in [1.807, 2.05) is 18.2 Å². The minimum Gasteiger partial charge on any atom is -0.356 e. The van der Waals surface area contributed by atoms with Crippen LogP contribution in [0.1, 0.15) is 24.0 Å². The van der Waals surface area contributed by atoms with Crippen molar-refractivity contribution in [2.24, 2.45) is 4.99 Å². The molecule has 0 spiro atoms. The first-order chi connectivity index (χ1) is 14.0. The summed E-state index contributed by atoms with van der Waals surface area (Å²) in [5.74, 6) is 0.399. The van der Waals surface area contributed by atoms with Gasteiger partial charge in [0.2, 0.25) is 10.0 Å². The van der Waals surface area contributed by atoms with Gasteiger partial charge in [0.05, 0.1) is 4.90 Å². The number of sulfonamides is 1. The van der Waals surface area contributed by atoms with Crippen molar-refractivity contribution in [2.45, 2.75) is 30.7 Å². The zero-order valence-corrected chi connectivity index (χ0v) is 20.1. The molecule has 1 heterocycles. The fraction of sp³-hybridized carbons (Fsp3) is 0.381. The van der Waals surface area contributed by atoms with Crippen LogP contribution in [0.5, 0.6) is 0 Å². The maximum atomic E-state index is 13.7. The molecule has 0 aliphatic carbocycles. The van der Waals surface area contributed by atoms with E-state index in [9.17, 15) is 12.8 Å². The Hall–Kier alpha value is -1.72. The van der Waals surface area contributed by atoms with Gasteiger partial charge in [0.15, 0.2) is 5.96 Å². The fourth-order valence-electron chi connectivity index (χ4n) is 3.28. The van der Waals surface area contributed by atoms with Gasteiger partial charge in [-0.05, 0) is 48.6 Å².